The molecule has 2 fully saturated rings. The molecule has 6 heteroatoms. The fraction of sp³-hybridized carbons (Fsp3) is 0.500. The predicted octanol–water partition coefficient (Wildman–Crippen LogP) is 4.13. The summed E-state index contributed by atoms with van der Waals surface area (Å²) in [5, 5.41) is 6.29. The topological polar surface area (TPSA) is 70.2 Å². The van der Waals surface area contributed by atoms with Gasteiger partial charge < -0.3 is 15.5 Å². The van der Waals surface area contributed by atoms with Crippen molar-refractivity contribution in [3.05, 3.63) is 42.4 Å². The number of hydrogen-bond acceptors (Lipinski definition) is 5. The molecule has 1 saturated carbocycles. The molecule has 2 aromatic rings. The van der Waals surface area contributed by atoms with E-state index in [1.165, 1.54) is 37.6 Å². The van der Waals surface area contributed by atoms with Gasteiger partial charge in [-0.05, 0) is 55.9 Å². The molecule has 4 rings (SSSR count). The SMILES string of the molecule is CC1CCN(c2ccc(Nc3cnc(C(=O)NC4CCCC4)cn3)cc2)CC1. The molecule has 1 aliphatic heterocycles. The Morgan fingerprint density at radius 1 is 1.00 bits per heavy atom. The van der Waals surface area contributed by atoms with Crippen LogP contribution in [0, 0.1) is 5.92 Å². The number of amides is 1. The molecule has 148 valence electrons. The van der Waals surface area contributed by atoms with Gasteiger partial charge in [0.2, 0.25) is 0 Å². The Balaban J connectivity index is 1.33. The fourth-order valence-corrected chi connectivity index (χ4v) is 4.01. The van der Waals surface area contributed by atoms with Crippen molar-refractivity contribution in [1.29, 1.82) is 0 Å². The maximum absolute atomic E-state index is 12.2. The lowest BCUT2D eigenvalue weighted by molar-refractivity contribution is 0.0932. The summed E-state index contributed by atoms with van der Waals surface area (Å²) < 4.78 is 0. The smallest absolute Gasteiger partial charge is 0.271 e. The minimum Gasteiger partial charge on any atom is -0.372 e. The highest BCUT2D eigenvalue weighted by atomic mass is 16.1. The molecule has 0 unspecified atom stereocenters. The molecule has 0 radical (unpaired) electrons. The van der Waals surface area contributed by atoms with Gasteiger partial charge in [-0.1, -0.05) is 19.8 Å². The Kier molecular flexibility index (Phi) is 5.74. The van der Waals surface area contributed by atoms with Gasteiger partial charge in [0, 0.05) is 30.5 Å². The van der Waals surface area contributed by atoms with Gasteiger partial charge in [0.1, 0.15) is 11.5 Å². The Bertz CT molecular complexity index is 776. The van der Waals surface area contributed by atoms with Gasteiger partial charge in [0.15, 0.2) is 0 Å². The summed E-state index contributed by atoms with van der Waals surface area (Å²) in [6.45, 7) is 4.59. The first-order valence-corrected chi connectivity index (χ1v) is 10.4. The highest BCUT2D eigenvalue weighted by Gasteiger charge is 2.19. The largest absolute Gasteiger partial charge is 0.372 e. The van der Waals surface area contributed by atoms with Gasteiger partial charge in [0.25, 0.3) is 5.91 Å². The first-order chi connectivity index (χ1) is 13.7. The van der Waals surface area contributed by atoms with Crippen LogP contribution in [0.2, 0.25) is 0 Å². The zero-order chi connectivity index (χ0) is 19.3. The molecular weight excluding hydrogens is 350 g/mol. The van der Waals surface area contributed by atoms with Crippen molar-refractivity contribution in [3.8, 4) is 0 Å². The molecule has 0 spiro atoms. The van der Waals surface area contributed by atoms with Gasteiger partial charge in [-0.15, -0.1) is 0 Å². The third-order valence-corrected chi connectivity index (χ3v) is 5.86. The zero-order valence-electron chi connectivity index (χ0n) is 16.5. The third kappa shape index (κ3) is 4.61. The van der Waals surface area contributed by atoms with Crippen LogP contribution < -0.4 is 15.5 Å². The molecule has 1 aliphatic carbocycles. The summed E-state index contributed by atoms with van der Waals surface area (Å²) >= 11 is 0. The average Bonchev–Trinajstić information content (AvgIpc) is 3.23. The molecule has 1 aromatic carbocycles. The van der Waals surface area contributed by atoms with Crippen molar-refractivity contribution in [3.63, 3.8) is 0 Å². The van der Waals surface area contributed by atoms with E-state index in [4.69, 9.17) is 0 Å². The number of nitrogens with one attached hydrogen (secondary N) is 2. The Hall–Kier alpha value is -2.63. The normalized spacial score (nSPS) is 18.2. The second-order valence-electron chi connectivity index (χ2n) is 8.08. The van der Waals surface area contributed by atoms with E-state index in [1.807, 2.05) is 0 Å². The van der Waals surface area contributed by atoms with E-state index in [0.717, 1.165) is 37.5 Å². The third-order valence-electron chi connectivity index (χ3n) is 5.86. The van der Waals surface area contributed by atoms with Crippen LogP contribution >= 0.6 is 0 Å². The number of rotatable bonds is 5. The van der Waals surface area contributed by atoms with E-state index >= 15 is 0 Å². The number of hydrogen-bond donors (Lipinski definition) is 2. The summed E-state index contributed by atoms with van der Waals surface area (Å²) in [7, 11) is 0. The van der Waals surface area contributed by atoms with Crippen LogP contribution in [0.1, 0.15) is 55.9 Å². The summed E-state index contributed by atoms with van der Waals surface area (Å²) in [5.41, 5.74) is 2.60. The summed E-state index contributed by atoms with van der Waals surface area (Å²) in [6.07, 6.45) is 10.2. The van der Waals surface area contributed by atoms with Crippen molar-refractivity contribution in [1.82, 2.24) is 15.3 Å². The minimum absolute atomic E-state index is 0.133. The van der Waals surface area contributed by atoms with Crippen molar-refractivity contribution in [2.75, 3.05) is 23.3 Å². The van der Waals surface area contributed by atoms with Crippen LogP contribution in [0.15, 0.2) is 36.7 Å². The maximum atomic E-state index is 12.2. The second-order valence-corrected chi connectivity index (χ2v) is 8.08. The van der Waals surface area contributed by atoms with Crippen LogP contribution in [0.5, 0.6) is 0 Å². The van der Waals surface area contributed by atoms with Crippen molar-refractivity contribution in [2.45, 2.75) is 51.5 Å². The Morgan fingerprint density at radius 3 is 2.36 bits per heavy atom. The summed E-state index contributed by atoms with van der Waals surface area (Å²) in [6, 6.07) is 8.71. The van der Waals surface area contributed by atoms with Gasteiger partial charge in [0.05, 0.1) is 12.4 Å². The first-order valence-electron chi connectivity index (χ1n) is 10.4. The molecule has 2 N–H and O–H groups in total. The number of benzene rings is 1. The molecule has 1 amide bonds. The fourth-order valence-electron chi connectivity index (χ4n) is 4.01. The maximum Gasteiger partial charge on any atom is 0.271 e. The van der Waals surface area contributed by atoms with Crippen LogP contribution in [0.3, 0.4) is 0 Å². The van der Waals surface area contributed by atoms with Crippen LogP contribution in [-0.4, -0.2) is 35.0 Å². The lowest BCUT2D eigenvalue weighted by atomic mass is 9.99. The molecule has 0 atom stereocenters. The van der Waals surface area contributed by atoms with Crippen LogP contribution in [-0.2, 0) is 0 Å². The van der Waals surface area contributed by atoms with E-state index in [-0.39, 0.29) is 11.9 Å². The molecular formula is C22H29N5O. The molecule has 2 heterocycles. The highest BCUT2D eigenvalue weighted by Crippen LogP contribution is 2.25. The van der Waals surface area contributed by atoms with Crippen LogP contribution in [0.25, 0.3) is 0 Å². The number of aromatic nitrogens is 2. The van der Waals surface area contributed by atoms with E-state index in [1.54, 1.807) is 6.20 Å². The monoisotopic (exact) mass is 379 g/mol. The van der Waals surface area contributed by atoms with E-state index in [9.17, 15) is 4.79 Å². The molecule has 2 aliphatic rings. The number of carbonyl (C=O) groups is 1. The molecule has 6 nitrogen and oxygen atoms in total. The highest BCUT2D eigenvalue weighted by molar-refractivity contribution is 5.92. The van der Waals surface area contributed by atoms with Crippen LogP contribution in [0.4, 0.5) is 17.2 Å². The minimum atomic E-state index is -0.133. The van der Waals surface area contributed by atoms with Gasteiger partial charge in [-0.2, -0.15) is 0 Å². The van der Waals surface area contributed by atoms with Gasteiger partial charge >= 0.3 is 0 Å². The molecule has 28 heavy (non-hydrogen) atoms. The lowest BCUT2D eigenvalue weighted by Gasteiger charge is -2.32. The molecule has 0 bridgehead atoms. The molecule has 1 saturated heterocycles. The summed E-state index contributed by atoms with van der Waals surface area (Å²) in [5.74, 6) is 1.34. The number of nitrogens with zero attached hydrogens (tertiary/aromatic N) is 3. The van der Waals surface area contributed by atoms with Gasteiger partial charge in [-0.25, -0.2) is 9.97 Å². The lowest BCUT2D eigenvalue weighted by Crippen LogP contribution is -2.33. The van der Waals surface area contributed by atoms with E-state index in [2.05, 4.69) is 56.7 Å². The van der Waals surface area contributed by atoms with Crippen molar-refractivity contribution in [2.24, 2.45) is 5.92 Å². The Morgan fingerprint density at radius 2 is 1.71 bits per heavy atom. The summed E-state index contributed by atoms with van der Waals surface area (Å²) in [4.78, 5) is 23.3. The Labute approximate surface area is 166 Å². The number of carbonyl (C=O) groups excluding carboxylic acids is 1. The van der Waals surface area contributed by atoms with Crippen molar-refractivity contribution < 1.29 is 4.79 Å². The zero-order valence-corrected chi connectivity index (χ0v) is 16.5. The second kappa shape index (κ2) is 8.59. The van der Waals surface area contributed by atoms with E-state index < -0.39 is 0 Å². The van der Waals surface area contributed by atoms with Gasteiger partial charge in [-0.3, -0.25) is 4.79 Å². The number of anilines is 3. The van der Waals surface area contributed by atoms with E-state index in [0.29, 0.717) is 11.5 Å². The first kappa shape index (κ1) is 18.7. The standard InChI is InChI=1S/C22H29N5O/c1-16-10-12-27(13-11-16)19-8-6-18(7-9-19)25-21-15-23-20(14-24-21)22(28)26-17-4-2-3-5-17/h6-9,14-17H,2-5,10-13H2,1H3,(H,24,25)(H,26,28). The number of piperidine rings is 1. The average molecular weight is 380 g/mol. The quantitative estimate of drug-likeness (QED) is 0.817. The predicted molar refractivity (Wildman–Crippen MR) is 112 cm³/mol. The van der Waals surface area contributed by atoms with Crippen molar-refractivity contribution >= 4 is 23.1 Å². The molecule has 1 aromatic heterocycles.